The summed E-state index contributed by atoms with van der Waals surface area (Å²) in [6, 6.07) is 2.09. The molecule has 4 heterocycles. The Bertz CT molecular complexity index is 733. The molecule has 118 valence electrons. The van der Waals surface area contributed by atoms with Crippen LogP contribution in [0.2, 0.25) is 0 Å². The molecule has 2 unspecified atom stereocenters. The lowest BCUT2D eigenvalue weighted by atomic mass is 9.97. The van der Waals surface area contributed by atoms with Crippen LogP contribution in [0.4, 0.5) is 0 Å². The van der Waals surface area contributed by atoms with Crippen molar-refractivity contribution in [3.05, 3.63) is 23.5 Å². The second kappa shape index (κ2) is 4.45. The zero-order chi connectivity index (χ0) is 15.6. The molecular formula is C17H17N3O3. The Labute approximate surface area is 134 Å². The van der Waals surface area contributed by atoms with Crippen molar-refractivity contribution in [3.8, 4) is 11.8 Å². The quantitative estimate of drug-likeness (QED) is 0.786. The van der Waals surface area contributed by atoms with Gasteiger partial charge in [0, 0.05) is 24.4 Å². The van der Waals surface area contributed by atoms with Crippen LogP contribution in [-0.4, -0.2) is 40.6 Å². The summed E-state index contributed by atoms with van der Waals surface area (Å²) in [5.74, 6) is 1.24. The van der Waals surface area contributed by atoms with E-state index in [2.05, 4.69) is 11.1 Å². The number of aromatic nitrogens is 1. The van der Waals surface area contributed by atoms with E-state index in [9.17, 15) is 10.1 Å². The molecule has 2 saturated heterocycles. The minimum atomic E-state index is -0.609. The van der Waals surface area contributed by atoms with Crippen molar-refractivity contribution in [2.45, 2.75) is 43.4 Å². The number of ether oxygens (including phenoxy) is 2. The van der Waals surface area contributed by atoms with Crippen molar-refractivity contribution in [1.82, 2.24) is 9.88 Å². The molecule has 1 saturated carbocycles. The molecule has 0 spiro atoms. The van der Waals surface area contributed by atoms with Gasteiger partial charge in [0.05, 0.1) is 19.2 Å². The predicted molar refractivity (Wildman–Crippen MR) is 78.5 cm³/mol. The zero-order valence-electron chi connectivity index (χ0n) is 12.7. The molecule has 1 aromatic heterocycles. The molecule has 4 aliphatic rings. The van der Waals surface area contributed by atoms with E-state index in [4.69, 9.17) is 9.47 Å². The number of hydrogen-bond acceptors (Lipinski definition) is 5. The van der Waals surface area contributed by atoms with Gasteiger partial charge in [-0.05, 0) is 25.2 Å². The smallest absolute Gasteiger partial charge is 0.255 e. The van der Waals surface area contributed by atoms with Crippen LogP contribution in [0.5, 0.6) is 5.75 Å². The topological polar surface area (TPSA) is 75.5 Å². The molecule has 6 nitrogen and oxygen atoms in total. The van der Waals surface area contributed by atoms with Gasteiger partial charge in [0.25, 0.3) is 5.91 Å². The second-order valence-electron chi connectivity index (χ2n) is 7.08. The number of rotatable bonds is 1. The van der Waals surface area contributed by atoms with Crippen LogP contribution in [0.3, 0.4) is 0 Å². The largest absolute Gasteiger partial charge is 0.487 e. The summed E-state index contributed by atoms with van der Waals surface area (Å²) in [4.78, 5) is 19.3. The van der Waals surface area contributed by atoms with Crippen LogP contribution in [0, 0.1) is 17.2 Å². The third-order valence-corrected chi connectivity index (χ3v) is 5.77. The highest BCUT2D eigenvalue weighted by Crippen LogP contribution is 2.50. The van der Waals surface area contributed by atoms with Crippen LogP contribution in [0.25, 0.3) is 0 Å². The zero-order valence-corrected chi connectivity index (χ0v) is 12.7. The molecule has 3 aliphatic heterocycles. The molecule has 23 heavy (non-hydrogen) atoms. The Kier molecular flexibility index (Phi) is 2.58. The van der Waals surface area contributed by atoms with E-state index in [0.717, 1.165) is 31.2 Å². The van der Waals surface area contributed by atoms with E-state index in [-0.39, 0.29) is 18.1 Å². The Morgan fingerprint density at radius 3 is 3.09 bits per heavy atom. The third-order valence-electron chi connectivity index (χ3n) is 5.77. The van der Waals surface area contributed by atoms with Crippen molar-refractivity contribution < 1.29 is 14.3 Å². The van der Waals surface area contributed by atoms with Gasteiger partial charge in [0.15, 0.2) is 0 Å². The highest BCUT2D eigenvalue weighted by Gasteiger charge is 2.56. The van der Waals surface area contributed by atoms with E-state index in [1.54, 1.807) is 6.20 Å². The number of hydrogen-bond donors (Lipinski definition) is 0. The van der Waals surface area contributed by atoms with Crippen LogP contribution in [0.1, 0.15) is 42.9 Å². The number of nitrogens with zero attached hydrogens (tertiary/aromatic N) is 3. The molecule has 0 aromatic carbocycles. The molecule has 1 aromatic rings. The van der Waals surface area contributed by atoms with Crippen molar-refractivity contribution in [1.29, 1.82) is 5.26 Å². The molecule has 6 heteroatoms. The van der Waals surface area contributed by atoms with E-state index >= 15 is 0 Å². The lowest BCUT2D eigenvalue weighted by Gasteiger charge is -2.33. The summed E-state index contributed by atoms with van der Waals surface area (Å²) >= 11 is 0. The number of fused-ring (bicyclic) bond motifs is 6. The monoisotopic (exact) mass is 311 g/mol. The summed E-state index contributed by atoms with van der Waals surface area (Å²) in [6.45, 7) is 1.28. The molecule has 4 bridgehead atoms. The lowest BCUT2D eigenvalue weighted by molar-refractivity contribution is -0.155. The van der Waals surface area contributed by atoms with Gasteiger partial charge in [-0.1, -0.05) is 0 Å². The average Bonchev–Trinajstić information content (AvgIpc) is 3.28. The van der Waals surface area contributed by atoms with Gasteiger partial charge in [-0.25, -0.2) is 0 Å². The SMILES string of the molecule is N#Cc1cncc2c1O[C@H]1C[C@@H]2N(C(=O)C23CCC(CO2)C3)C1. The van der Waals surface area contributed by atoms with Gasteiger partial charge >= 0.3 is 0 Å². The van der Waals surface area contributed by atoms with Gasteiger partial charge in [0.1, 0.15) is 29.1 Å². The first kappa shape index (κ1) is 13.3. The van der Waals surface area contributed by atoms with E-state index in [0.29, 0.717) is 30.4 Å². The van der Waals surface area contributed by atoms with Crippen LogP contribution in [-0.2, 0) is 9.53 Å². The van der Waals surface area contributed by atoms with Gasteiger partial charge in [0.2, 0.25) is 0 Å². The standard InChI is InChI=1S/C17H17N3O3/c18-5-11-6-19-7-13-14-3-12(23-15(11)13)8-20(14)16(21)17-2-1-10(4-17)9-22-17/h6-7,10,12,14H,1-4,8-9H2/t10?,12-,14-,17?/m0/s1. The number of pyridine rings is 1. The fourth-order valence-corrected chi connectivity index (χ4v) is 4.66. The molecule has 1 amide bonds. The first-order valence-electron chi connectivity index (χ1n) is 8.20. The second-order valence-corrected chi connectivity index (χ2v) is 7.08. The maximum absolute atomic E-state index is 13.2. The fraction of sp³-hybridized carbons (Fsp3) is 0.588. The first-order valence-corrected chi connectivity index (χ1v) is 8.20. The number of likely N-dealkylation sites (tertiary alicyclic amines) is 1. The Morgan fingerprint density at radius 2 is 2.39 bits per heavy atom. The maximum Gasteiger partial charge on any atom is 0.255 e. The average molecular weight is 311 g/mol. The molecule has 5 rings (SSSR count). The summed E-state index contributed by atoms with van der Waals surface area (Å²) < 4.78 is 11.9. The minimum absolute atomic E-state index is 0.0408. The number of nitriles is 1. The third kappa shape index (κ3) is 1.71. The summed E-state index contributed by atoms with van der Waals surface area (Å²) in [5.41, 5.74) is 0.695. The van der Waals surface area contributed by atoms with Gasteiger partial charge in [-0.15, -0.1) is 0 Å². The maximum atomic E-state index is 13.2. The number of carbonyl (C=O) groups excluding carboxylic acids is 1. The van der Waals surface area contributed by atoms with Gasteiger partial charge in [-0.3, -0.25) is 9.78 Å². The molecule has 1 aliphatic carbocycles. The molecule has 0 N–H and O–H groups in total. The Hall–Kier alpha value is -2.13. The summed E-state index contributed by atoms with van der Waals surface area (Å²) in [5, 5.41) is 9.25. The summed E-state index contributed by atoms with van der Waals surface area (Å²) in [6.07, 6.45) is 6.75. The van der Waals surface area contributed by atoms with E-state index < -0.39 is 5.60 Å². The van der Waals surface area contributed by atoms with Gasteiger partial charge < -0.3 is 14.4 Å². The molecule has 4 atom stereocenters. The van der Waals surface area contributed by atoms with Crippen molar-refractivity contribution in [3.63, 3.8) is 0 Å². The molecular weight excluding hydrogens is 294 g/mol. The predicted octanol–water partition coefficient (Wildman–Crippen LogP) is 1.56. The van der Waals surface area contributed by atoms with Crippen LogP contribution >= 0.6 is 0 Å². The number of carbonyl (C=O) groups is 1. The Balaban J connectivity index is 1.52. The number of amides is 1. The highest BCUT2D eigenvalue weighted by atomic mass is 16.5. The first-order chi connectivity index (χ1) is 11.2. The van der Waals surface area contributed by atoms with E-state index in [1.807, 2.05) is 4.90 Å². The highest BCUT2D eigenvalue weighted by molar-refractivity contribution is 5.87. The van der Waals surface area contributed by atoms with Crippen molar-refractivity contribution >= 4 is 5.91 Å². The van der Waals surface area contributed by atoms with E-state index in [1.165, 1.54) is 6.20 Å². The molecule has 3 fully saturated rings. The van der Waals surface area contributed by atoms with Crippen LogP contribution in [0.15, 0.2) is 12.4 Å². The fourth-order valence-electron chi connectivity index (χ4n) is 4.66. The summed E-state index contributed by atoms with van der Waals surface area (Å²) in [7, 11) is 0. The minimum Gasteiger partial charge on any atom is -0.487 e. The van der Waals surface area contributed by atoms with Crippen molar-refractivity contribution in [2.75, 3.05) is 13.2 Å². The van der Waals surface area contributed by atoms with Crippen molar-refractivity contribution in [2.24, 2.45) is 5.92 Å². The molecule has 0 radical (unpaired) electrons. The lowest BCUT2D eigenvalue weighted by Crippen LogP contribution is -2.47. The Morgan fingerprint density at radius 1 is 1.48 bits per heavy atom. The normalized spacial score (nSPS) is 36.5. The van der Waals surface area contributed by atoms with Crippen LogP contribution < -0.4 is 4.74 Å². The van der Waals surface area contributed by atoms with Gasteiger partial charge in [-0.2, -0.15) is 5.26 Å².